The predicted octanol–water partition coefficient (Wildman–Crippen LogP) is 3.47. The Morgan fingerprint density at radius 2 is 2.20 bits per heavy atom. The molecular weight excluding hydrogens is 268 g/mol. The fourth-order valence-corrected chi connectivity index (χ4v) is 3.45. The van der Waals surface area contributed by atoms with E-state index in [-0.39, 0.29) is 11.9 Å². The molecule has 1 atom stereocenters. The molecule has 0 spiro atoms. The first-order valence-electron chi connectivity index (χ1n) is 6.85. The first-order valence-corrected chi connectivity index (χ1v) is 7.67. The summed E-state index contributed by atoms with van der Waals surface area (Å²) in [7, 11) is 0. The van der Waals surface area contributed by atoms with Gasteiger partial charge in [-0.1, -0.05) is 0 Å². The monoisotopic (exact) mass is 286 g/mol. The average Bonchev–Trinajstić information content (AvgIpc) is 3.05. The number of hydrogen-bond acceptors (Lipinski definition) is 2. The summed E-state index contributed by atoms with van der Waals surface area (Å²) < 4.78 is 2.22. The molecular formula is C16H18N2OS. The number of fused-ring (bicyclic) bond motifs is 1. The average molecular weight is 286 g/mol. The van der Waals surface area contributed by atoms with Crippen LogP contribution in [-0.2, 0) is 11.3 Å². The minimum Gasteiger partial charge on any atom is -0.348 e. The summed E-state index contributed by atoms with van der Waals surface area (Å²) in [6.45, 7) is 5.82. The third-order valence-corrected chi connectivity index (χ3v) is 4.74. The van der Waals surface area contributed by atoms with Crippen molar-refractivity contribution in [3.63, 3.8) is 0 Å². The van der Waals surface area contributed by atoms with Crippen molar-refractivity contribution < 1.29 is 4.79 Å². The fraction of sp³-hybridized carbons (Fsp3) is 0.312. The summed E-state index contributed by atoms with van der Waals surface area (Å²) in [4.78, 5) is 16.7. The van der Waals surface area contributed by atoms with Crippen LogP contribution >= 0.6 is 11.3 Å². The minimum atomic E-state index is 0.0935. The van der Waals surface area contributed by atoms with Crippen LogP contribution in [0.25, 0.3) is 6.08 Å². The first-order chi connectivity index (χ1) is 9.65. The van der Waals surface area contributed by atoms with Crippen LogP contribution < -0.4 is 0 Å². The lowest BCUT2D eigenvalue weighted by molar-refractivity contribution is -0.129. The number of aromatic nitrogens is 1. The first kappa shape index (κ1) is 13.2. The Balaban J connectivity index is 1.74. The number of thiophene rings is 1. The second-order valence-electron chi connectivity index (χ2n) is 5.12. The van der Waals surface area contributed by atoms with E-state index in [2.05, 4.69) is 42.8 Å². The Bertz CT molecular complexity index is 653. The zero-order valence-electron chi connectivity index (χ0n) is 11.7. The van der Waals surface area contributed by atoms with Gasteiger partial charge in [0.05, 0.1) is 6.04 Å². The number of carbonyl (C=O) groups is 1. The molecule has 3 heterocycles. The van der Waals surface area contributed by atoms with E-state index in [0.29, 0.717) is 0 Å². The van der Waals surface area contributed by atoms with Gasteiger partial charge < -0.3 is 9.47 Å². The van der Waals surface area contributed by atoms with Gasteiger partial charge in [0, 0.05) is 40.8 Å². The van der Waals surface area contributed by atoms with Gasteiger partial charge in [-0.3, -0.25) is 4.79 Å². The van der Waals surface area contributed by atoms with Crippen molar-refractivity contribution in [1.82, 2.24) is 9.47 Å². The lowest BCUT2D eigenvalue weighted by atomic mass is 10.1. The summed E-state index contributed by atoms with van der Waals surface area (Å²) in [6, 6.07) is 8.40. The van der Waals surface area contributed by atoms with Crippen LogP contribution in [-0.4, -0.2) is 21.9 Å². The van der Waals surface area contributed by atoms with E-state index < -0.39 is 0 Å². The van der Waals surface area contributed by atoms with E-state index in [4.69, 9.17) is 0 Å². The highest BCUT2D eigenvalue weighted by Crippen LogP contribution is 2.25. The highest BCUT2D eigenvalue weighted by Gasteiger charge is 2.25. The van der Waals surface area contributed by atoms with Crippen LogP contribution in [0.1, 0.15) is 28.4 Å². The minimum absolute atomic E-state index is 0.0935. The van der Waals surface area contributed by atoms with Crippen LogP contribution in [0.15, 0.2) is 36.5 Å². The van der Waals surface area contributed by atoms with Gasteiger partial charge in [-0.2, -0.15) is 0 Å². The molecule has 0 saturated carbocycles. The summed E-state index contributed by atoms with van der Waals surface area (Å²) in [6.07, 6.45) is 5.69. The maximum absolute atomic E-state index is 12.4. The molecule has 104 valence electrons. The Kier molecular flexibility index (Phi) is 3.49. The van der Waals surface area contributed by atoms with Crippen LogP contribution in [0.3, 0.4) is 0 Å². The molecule has 0 unspecified atom stereocenters. The van der Waals surface area contributed by atoms with Crippen molar-refractivity contribution >= 4 is 23.3 Å². The summed E-state index contributed by atoms with van der Waals surface area (Å²) in [5.74, 6) is 0.0935. The summed E-state index contributed by atoms with van der Waals surface area (Å²) in [5, 5.41) is 0. The molecule has 1 amide bonds. The van der Waals surface area contributed by atoms with Crippen molar-refractivity contribution in [2.24, 2.45) is 0 Å². The van der Waals surface area contributed by atoms with Crippen molar-refractivity contribution in [2.75, 3.05) is 6.54 Å². The number of aryl methyl sites for hydroxylation is 1. The SMILES string of the molecule is Cc1ccc(/C=C/C(=O)N2CCn3cccc3[C@@H]2C)s1. The van der Waals surface area contributed by atoms with Crippen LogP contribution in [0.4, 0.5) is 0 Å². The predicted molar refractivity (Wildman–Crippen MR) is 82.7 cm³/mol. The van der Waals surface area contributed by atoms with Gasteiger partial charge in [0.2, 0.25) is 5.91 Å². The zero-order valence-corrected chi connectivity index (χ0v) is 12.6. The van der Waals surface area contributed by atoms with Gasteiger partial charge in [0.25, 0.3) is 0 Å². The van der Waals surface area contributed by atoms with E-state index in [0.717, 1.165) is 18.0 Å². The van der Waals surface area contributed by atoms with Gasteiger partial charge >= 0.3 is 0 Å². The molecule has 0 fully saturated rings. The topological polar surface area (TPSA) is 25.2 Å². The quantitative estimate of drug-likeness (QED) is 0.776. The highest BCUT2D eigenvalue weighted by molar-refractivity contribution is 7.12. The maximum Gasteiger partial charge on any atom is 0.247 e. The van der Waals surface area contributed by atoms with Gasteiger partial charge in [-0.25, -0.2) is 0 Å². The zero-order chi connectivity index (χ0) is 14.1. The summed E-state index contributed by atoms with van der Waals surface area (Å²) in [5.41, 5.74) is 1.21. The van der Waals surface area contributed by atoms with Crippen molar-refractivity contribution in [1.29, 1.82) is 0 Å². The standard InChI is InChI=1S/C16H18N2OS/c1-12-5-6-14(20-12)7-8-16(19)18-11-10-17-9-3-4-15(17)13(18)2/h3-9,13H,10-11H2,1-2H3/b8-7+/t13-/m0/s1. The molecule has 20 heavy (non-hydrogen) atoms. The van der Waals surface area contributed by atoms with Gasteiger partial charge in [-0.05, 0) is 44.2 Å². The molecule has 0 aliphatic carbocycles. The Morgan fingerprint density at radius 1 is 1.35 bits per heavy atom. The second-order valence-corrected chi connectivity index (χ2v) is 6.44. The lowest BCUT2D eigenvalue weighted by Crippen LogP contribution is -2.39. The third kappa shape index (κ3) is 2.43. The molecule has 0 radical (unpaired) electrons. The number of carbonyl (C=O) groups excluding carboxylic acids is 1. The molecule has 0 bridgehead atoms. The Morgan fingerprint density at radius 3 is 2.95 bits per heavy atom. The highest BCUT2D eigenvalue weighted by atomic mass is 32.1. The van der Waals surface area contributed by atoms with Crippen molar-refractivity contribution in [3.8, 4) is 0 Å². The third-order valence-electron chi connectivity index (χ3n) is 3.78. The number of rotatable bonds is 2. The Hall–Kier alpha value is -1.81. The lowest BCUT2D eigenvalue weighted by Gasteiger charge is -2.34. The Labute approximate surface area is 123 Å². The molecule has 3 nitrogen and oxygen atoms in total. The number of amides is 1. The van der Waals surface area contributed by atoms with E-state index in [9.17, 15) is 4.79 Å². The molecule has 0 saturated heterocycles. The largest absolute Gasteiger partial charge is 0.348 e. The maximum atomic E-state index is 12.4. The smallest absolute Gasteiger partial charge is 0.247 e. The van der Waals surface area contributed by atoms with Crippen LogP contribution in [0.5, 0.6) is 0 Å². The molecule has 0 N–H and O–H groups in total. The summed E-state index contributed by atoms with van der Waals surface area (Å²) >= 11 is 1.71. The van der Waals surface area contributed by atoms with Crippen molar-refractivity contribution in [3.05, 3.63) is 52.0 Å². The molecule has 1 aliphatic rings. The number of hydrogen-bond donors (Lipinski definition) is 0. The molecule has 2 aromatic rings. The van der Waals surface area contributed by atoms with Crippen LogP contribution in [0.2, 0.25) is 0 Å². The van der Waals surface area contributed by atoms with E-state index >= 15 is 0 Å². The molecule has 1 aliphatic heterocycles. The molecule has 3 rings (SSSR count). The van der Waals surface area contributed by atoms with E-state index in [1.807, 2.05) is 17.0 Å². The van der Waals surface area contributed by atoms with Gasteiger partial charge in [-0.15, -0.1) is 11.3 Å². The fourth-order valence-electron chi connectivity index (χ4n) is 2.67. The van der Waals surface area contributed by atoms with Crippen molar-refractivity contribution in [2.45, 2.75) is 26.4 Å². The van der Waals surface area contributed by atoms with Gasteiger partial charge in [0.1, 0.15) is 0 Å². The molecule has 4 heteroatoms. The second kappa shape index (κ2) is 5.29. The molecule has 0 aromatic carbocycles. The number of nitrogens with zero attached hydrogens (tertiary/aromatic N) is 2. The van der Waals surface area contributed by atoms with E-state index in [1.165, 1.54) is 10.6 Å². The van der Waals surface area contributed by atoms with E-state index in [1.54, 1.807) is 17.4 Å². The molecule has 2 aromatic heterocycles. The van der Waals surface area contributed by atoms with Gasteiger partial charge in [0.15, 0.2) is 0 Å². The normalized spacial score (nSPS) is 18.5. The van der Waals surface area contributed by atoms with Crippen LogP contribution in [0, 0.1) is 6.92 Å².